The zero-order valence-corrected chi connectivity index (χ0v) is 11.9. The lowest BCUT2D eigenvalue weighted by Gasteiger charge is -2.19. The summed E-state index contributed by atoms with van der Waals surface area (Å²) >= 11 is 1.79. The van der Waals surface area contributed by atoms with Crippen molar-refractivity contribution in [1.29, 1.82) is 0 Å². The number of hydrogen-bond donors (Lipinski definition) is 1. The number of aromatic nitrogens is 1. The Morgan fingerprint density at radius 1 is 1.25 bits per heavy atom. The normalized spacial score (nSPS) is 15.4. The summed E-state index contributed by atoms with van der Waals surface area (Å²) in [7, 11) is 0. The fraction of sp³-hybridized carbons (Fsp3) is 0.769. The van der Waals surface area contributed by atoms with Gasteiger partial charge in [-0.1, -0.05) is 13.8 Å². The fourth-order valence-corrected chi connectivity index (χ4v) is 2.55. The van der Waals surface area contributed by atoms with Gasteiger partial charge in [-0.05, 0) is 39.5 Å². The summed E-state index contributed by atoms with van der Waals surface area (Å²) in [5.74, 6) is 0.796. The lowest BCUT2D eigenvalue weighted by molar-refractivity contribution is 0.419. The molecule has 2 atom stereocenters. The Hall–Kier alpha value is -0.410. The maximum absolute atomic E-state index is 4.30. The van der Waals surface area contributed by atoms with Crippen LogP contribution in [0.4, 0.5) is 0 Å². The lowest BCUT2D eigenvalue weighted by Crippen LogP contribution is -2.28. The highest BCUT2D eigenvalue weighted by Crippen LogP contribution is 2.21. The summed E-state index contributed by atoms with van der Waals surface area (Å²) in [6.45, 7) is 11.1. The molecule has 2 nitrogen and oxygen atoms in total. The Bertz CT molecular complexity index is 307. The molecule has 1 aromatic heterocycles. The molecule has 0 spiro atoms. The highest BCUT2D eigenvalue weighted by atomic mass is 32.1. The number of hydrogen-bond acceptors (Lipinski definition) is 3. The van der Waals surface area contributed by atoms with Gasteiger partial charge in [-0.15, -0.1) is 11.3 Å². The number of rotatable bonds is 6. The van der Waals surface area contributed by atoms with E-state index in [1.165, 1.54) is 17.7 Å². The molecular weight excluding hydrogens is 216 g/mol. The van der Waals surface area contributed by atoms with Crippen LogP contribution in [-0.2, 0) is 0 Å². The molecule has 0 amide bonds. The van der Waals surface area contributed by atoms with Crippen molar-refractivity contribution in [1.82, 2.24) is 10.3 Å². The van der Waals surface area contributed by atoms with E-state index in [1.54, 1.807) is 11.3 Å². The average Bonchev–Trinajstić information content (AvgIpc) is 2.62. The van der Waals surface area contributed by atoms with Crippen LogP contribution >= 0.6 is 11.3 Å². The molecule has 0 saturated carbocycles. The van der Waals surface area contributed by atoms with E-state index in [0.29, 0.717) is 12.1 Å². The molecule has 1 N–H and O–H groups in total. The second-order valence-corrected chi connectivity index (χ2v) is 6.31. The van der Waals surface area contributed by atoms with Crippen molar-refractivity contribution < 1.29 is 0 Å². The molecule has 0 radical (unpaired) electrons. The summed E-state index contributed by atoms with van der Waals surface area (Å²) in [6.07, 6.45) is 4.54. The summed E-state index contributed by atoms with van der Waals surface area (Å²) in [6, 6.07) is 1.01. The monoisotopic (exact) mass is 240 g/mol. The van der Waals surface area contributed by atoms with Crippen LogP contribution in [0.15, 0.2) is 6.20 Å². The van der Waals surface area contributed by atoms with Crippen LogP contribution in [-0.4, -0.2) is 11.0 Å². The first-order valence-electron chi connectivity index (χ1n) is 6.17. The van der Waals surface area contributed by atoms with Crippen LogP contribution in [0.1, 0.15) is 56.5 Å². The van der Waals surface area contributed by atoms with E-state index in [4.69, 9.17) is 0 Å². The van der Waals surface area contributed by atoms with Gasteiger partial charge in [0.1, 0.15) is 0 Å². The lowest BCUT2D eigenvalue weighted by atomic mass is 10.0. The van der Waals surface area contributed by atoms with Crippen molar-refractivity contribution in [3.05, 3.63) is 16.1 Å². The Balaban J connectivity index is 2.36. The van der Waals surface area contributed by atoms with Gasteiger partial charge in [0.15, 0.2) is 0 Å². The van der Waals surface area contributed by atoms with Gasteiger partial charge in [0, 0.05) is 23.2 Å². The first-order chi connectivity index (χ1) is 7.49. The van der Waals surface area contributed by atoms with Crippen LogP contribution in [0.5, 0.6) is 0 Å². The third kappa shape index (κ3) is 4.62. The van der Waals surface area contributed by atoms with E-state index in [1.807, 2.05) is 6.20 Å². The third-order valence-electron chi connectivity index (χ3n) is 2.78. The summed E-state index contributed by atoms with van der Waals surface area (Å²) in [4.78, 5) is 5.64. The number of nitrogens with zero attached hydrogens (tertiary/aromatic N) is 1. The van der Waals surface area contributed by atoms with Gasteiger partial charge >= 0.3 is 0 Å². The van der Waals surface area contributed by atoms with Crippen LogP contribution in [0, 0.1) is 12.8 Å². The van der Waals surface area contributed by atoms with E-state index in [2.05, 4.69) is 44.9 Å². The van der Waals surface area contributed by atoms with Gasteiger partial charge in [0.05, 0.1) is 5.01 Å². The molecular formula is C13H24N2S. The second kappa shape index (κ2) is 6.36. The smallest absolute Gasteiger partial charge is 0.0897 e. The summed E-state index contributed by atoms with van der Waals surface area (Å²) in [5, 5.41) is 4.79. The standard InChI is InChI=1S/C13H24N2S/c1-9(2)6-7-10(3)15-11(4)13-8-14-12(5)16-13/h8-11,15H,6-7H2,1-5H3. The zero-order chi connectivity index (χ0) is 12.1. The Morgan fingerprint density at radius 2 is 1.94 bits per heavy atom. The van der Waals surface area contributed by atoms with Crippen molar-refractivity contribution >= 4 is 11.3 Å². The minimum atomic E-state index is 0.424. The van der Waals surface area contributed by atoms with Gasteiger partial charge in [0.25, 0.3) is 0 Å². The number of aryl methyl sites for hydroxylation is 1. The quantitative estimate of drug-likeness (QED) is 0.815. The molecule has 1 rings (SSSR count). The third-order valence-corrected chi connectivity index (χ3v) is 3.87. The van der Waals surface area contributed by atoms with Crippen molar-refractivity contribution in [3.63, 3.8) is 0 Å². The molecule has 16 heavy (non-hydrogen) atoms. The van der Waals surface area contributed by atoms with Gasteiger partial charge in [-0.25, -0.2) is 4.98 Å². The van der Waals surface area contributed by atoms with Crippen LogP contribution in [0.2, 0.25) is 0 Å². The molecule has 0 saturated heterocycles. The molecule has 0 aliphatic rings. The van der Waals surface area contributed by atoms with Gasteiger partial charge in [-0.2, -0.15) is 0 Å². The maximum atomic E-state index is 4.30. The largest absolute Gasteiger partial charge is 0.307 e. The first kappa shape index (κ1) is 13.7. The minimum absolute atomic E-state index is 0.424. The Kier molecular flexibility index (Phi) is 5.42. The summed E-state index contributed by atoms with van der Waals surface area (Å²) in [5.41, 5.74) is 0. The zero-order valence-electron chi connectivity index (χ0n) is 11.1. The molecule has 0 aromatic carbocycles. The van der Waals surface area contributed by atoms with Gasteiger partial charge in [0.2, 0.25) is 0 Å². The molecule has 2 unspecified atom stereocenters. The minimum Gasteiger partial charge on any atom is -0.307 e. The predicted molar refractivity (Wildman–Crippen MR) is 71.9 cm³/mol. The summed E-state index contributed by atoms with van der Waals surface area (Å²) < 4.78 is 0. The SMILES string of the molecule is Cc1ncc(C(C)NC(C)CCC(C)C)s1. The molecule has 0 fully saturated rings. The number of thiazole rings is 1. The van der Waals surface area contributed by atoms with Crippen molar-refractivity contribution in [2.75, 3.05) is 0 Å². The van der Waals surface area contributed by atoms with E-state index in [9.17, 15) is 0 Å². The maximum Gasteiger partial charge on any atom is 0.0897 e. The van der Waals surface area contributed by atoms with E-state index >= 15 is 0 Å². The van der Waals surface area contributed by atoms with E-state index in [0.717, 1.165) is 10.9 Å². The molecule has 1 heterocycles. The molecule has 3 heteroatoms. The van der Waals surface area contributed by atoms with Crippen molar-refractivity contribution in [3.8, 4) is 0 Å². The van der Waals surface area contributed by atoms with Crippen molar-refractivity contribution in [2.45, 2.75) is 59.5 Å². The molecule has 1 aromatic rings. The van der Waals surface area contributed by atoms with E-state index in [-0.39, 0.29) is 0 Å². The molecule has 0 aliphatic heterocycles. The molecule has 92 valence electrons. The van der Waals surface area contributed by atoms with E-state index < -0.39 is 0 Å². The number of nitrogens with one attached hydrogen (secondary N) is 1. The van der Waals surface area contributed by atoms with Crippen LogP contribution in [0.3, 0.4) is 0 Å². The average molecular weight is 240 g/mol. The highest BCUT2D eigenvalue weighted by Gasteiger charge is 2.11. The fourth-order valence-electron chi connectivity index (χ4n) is 1.75. The van der Waals surface area contributed by atoms with Crippen LogP contribution < -0.4 is 5.32 Å². The Labute approximate surface area is 103 Å². The first-order valence-corrected chi connectivity index (χ1v) is 6.99. The second-order valence-electron chi connectivity index (χ2n) is 5.04. The van der Waals surface area contributed by atoms with Crippen LogP contribution in [0.25, 0.3) is 0 Å². The molecule has 0 bridgehead atoms. The Morgan fingerprint density at radius 3 is 2.44 bits per heavy atom. The topological polar surface area (TPSA) is 24.9 Å². The van der Waals surface area contributed by atoms with Gasteiger partial charge in [-0.3, -0.25) is 0 Å². The predicted octanol–water partition coefficient (Wildman–Crippen LogP) is 3.93. The molecule has 0 aliphatic carbocycles. The highest BCUT2D eigenvalue weighted by molar-refractivity contribution is 7.11. The van der Waals surface area contributed by atoms with Crippen molar-refractivity contribution in [2.24, 2.45) is 5.92 Å². The van der Waals surface area contributed by atoms with Gasteiger partial charge < -0.3 is 5.32 Å².